The molecule has 3 heterocycles. The van der Waals surface area contributed by atoms with E-state index in [1.54, 1.807) is 4.40 Å². The van der Waals surface area contributed by atoms with Crippen LogP contribution >= 0.6 is 11.3 Å². The highest BCUT2D eigenvalue weighted by Crippen LogP contribution is 2.31. The van der Waals surface area contributed by atoms with Crippen molar-refractivity contribution in [1.82, 2.24) is 9.38 Å². The molecule has 0 unspecified atom stereocenters. The molecular weight excluding hydrogens is 364 g/mol. The number of ether oxygens (including phenoxy) is 2. The van der Waals surface area contributed by atoms with Crippen LogP contribution in [-0.2, 0) is 9.53 Å². The number of aromatic nitrogens is 2. The molecule has 0 fully saturated rings. The van der Waals surface area contributed by atoms with Gasteiger partial charge in [0, 0.05) is 23.4 Å². The number of carbonyl (C=O) groups excluding carboxylic acids is 2. The summed E-state index contributed by atoms with van der Waals surface area (Å²) in [5.74, 6) is 0.0436. The van der Waals surface area contributed by atoms with E-state index in [9.17, 15) is 9.59 Å². The molecule has 7 heteroatoms. The first-order chi connectivity index (χ1) is 13.0. The van der Waals surface area contributed by atoms with Crippen LogP contribution in [0.2, 0.25) is 0 Å². The SMILES string of the molecule is CCOc1cccn2c(C(=O)C[C@@H](CC(=O)OC)c3cccs3)c(C)nc12. The summed E-state index contributed by atoms with van der Waals surface area (Å²) in [6.07, 6.45) is 2.19. The van der Waals surface area contributed by atoms with Crippen molar-refractivity contribution in [2.45, 2.75) is 32.6 Å². The number of carbonyl (C=O) groups is 2. The topological polar surface area (TPSA) is 69.9 Å². The minimum absolute atomic E-state index is 0.0593. The summed E-state index contributed by atoms with van der Waals surface area (Å²) < 4.78 is 12.2. The summed E-state index contributed by atoms with van der Waals surface area (Å²) in [7, 11) is 1.36. The van der Waals surface area contributed by atoms with Gasteiger partial charge in [-0.25, -0.2) is 4.98 Å². The molecule has 0 aliphatic heterocycles. The number of methoxy groups -OCH3 is 1. The molecule has 3 rings (SSSR count). The number of hydrogen-bond donors (Lipinski definition) is 0. The Balaban J connectivity index is 1.93. The van der Waals surface area contributed by atoms with Crippen LogP contribution in [-0.4, -0.2) is 34.9 Å². The Labute approximate surface area is 161 Å². The van der Waals surface area contributed by atoms with Crippen molar-refractivity contribution in [3.05, 3.63) is 52.1 Å². The lowest BCUT2D eigenvalue weighted by atomic mass is 9.95. The maximum atomic E-state index is 13.1. The van der Waals surface area contributed by atoms with Crippen molar-refractivity contribution in [2.24, 2.45) is 0 Å². The maximum absolute atomic E-state index is 13.1. The van der Waals surface area contributed by atoms with Gasteiger partial charge in [-0.3, -0.25) is 14.0 Å². The van der Waals surface area contributed by atoms with Crippen molar-refractivity contribution in [1.29, 1.82) is 0 Å². The summed E-state index contributed by atoms with van der Waals surface area (Å²) in [5, 5.41) is 1.94. The number of esters is 1. The summed E-state index contributed by atoms with van der Waals surface area (Å²) >= 11 is 1.54. The zero-order chi connectivity index (χ0) is 19.4. The largest absolute Gasteiger partial charge is 0.490 e. The van der Waals surface area contributed by atoms with Gasteiger partial charge in [-0.15, -0.1) is 11.3 Å². The number of imidazole rings is 1. The molecule has 0 aliphatic carbocycles. The monoisotopic (exact) mass is 386 g/mol. The fraction of sp³-hybridized carbons (Fsp3) is 0.350. The lowest BCUT2D eigenvalue weighted by Gasteiger charge is -2.14. The Morgan fingerprint density at radius 3 is 2.74 bits per heavy atom. The van der Waals surface area contributed by atoms with Gasteiger partial charge in [-0.1, -0.05) is 6.07 Å². The van der Waals surface area contributed by atoms with E-state index in [4.69, 9.17) is 9.47 Å². The summed E-state index contributed by atoms with van der Waals surface area (Å²) in [4.78, 5) is 30.5. The second kappa shape index (κ2) is 8.35. The highest BCUT2D eigenvalue weighted by molar-refractivity contribution is 7.10. The smallest absolute Gasteiger partial charge is 0.306 e. The van der Waals surface area contributed by atoms with Gasteiger partial charge >= 0.3 is 5.97 Å². The van der Waals surface area contributed by atoms with E-state index in [1.165, 1.54) is 18.4 Å². The van der Waals surface area contributed by atoms with E-state index < -0.39 is 0 Å². The van der Waals surface area contributed by atoms with E-state index in [0.717, 1.165) is 4.88 Å². The standard InChI is InChI=1S/C20H22N2O4S/c1-4-26-16-7-5-9-22-19(13(2)21-20(16)22)15(23)11-14(12-18(24)25-3)17-8-6-10-27-17/h5-10,14H,4,11-12H2,1-3H3/t14-/m0/s1. The zero-order valence-corrected chi connectivity index (χ0v) is 16.4. The molecule has 0 aromatic carbocycles. The van der Waals surface area contributed by atoms with E-state index >= 15 is 0 Å². The fourth-order valence-corrected chi connectivity index (χ4v) is 3.99. The molecular formula is C20H22N2O4S. The number of ketones is 1. The Hall–Kier alpha value is -2.67. The van der Waals surface area contributed by atoms with Crippen molar-refractivity contribution < 1.29 is 19.1 Å². The minimum atomic E-state index is -0.324. The average Bonchev–Trinajstić information content (AvgIpc) is 3.29. The molecule has 0 aliphatic rings. The van der Waals surface area contributed by atoms with Crippen molar-refractivity contribution in [2.75, 3.05) is 13.7 Å². The van der Waals surface area contributed by atoms with Gasteiger partial charge in [0.2, 0.25) is 0 Å². The number of thiophene rings is 1. The summed E-state index contributed by atoms with van der Waals surface area (Å²) in [6.45, 7) is 4.24. The van der Waals surface area contributed by atoms with Gasteiger partial charge < -0.3 is 9.47 Å². The van der Waals surface area contributed by atoms with E-state index in [-0.39, 0.29) is 30.5 Å². The van der Waals surface area contributed by atoms with Gasteiger partial charge in [0.1, 0.15) is 5.69 Å². The predicted octanol–water partition coefficient (Wildman–Crippen LogP) is 4.02. The lowest BCUT2D eigenvalue weighted by Crippen LogP contribution is -2.14. The van der Waals surface area contributed by atoms with Crippen LogP contribution < -0.4 is 4.74 Å². The highest BCUT2D eigenvalue weighted by atomic mass is 32.1. The number of nitrogens with zero attached hydrogens (tertiary/aromatic N) is 2. The molecule has 1 atom stereocenters. The van der Waals surface area contributed by atoms with Crippen LogP contribution in [0.5, 0.6) is 5.75 Å². The highest BCUT2D eigenvalue weighted by Gasteiger charge is 2.25. The molecule has 0 bridgehead atoms. The van der Waals surface area contributed by atoms with Crippen molar-refractivity contribution in [3.8, 4) is 5.75 Å². The number of aryl methyl sites for hydroxylation is 1. The molecule has 0 amide bonds. The third-order valence-corrected chi connectivity index (χ3v) is 5.41. The number of rotatable bonds is 8. The Morgan fingerprint density at radius 2 is 2.07 bits per heavy atom. The van der Waals surface area contributed by atoms with E-state index in [0.29, 0.717) is 29.4 Å². The minimum Gasteiger partial charge on any atom is -0.490 e. The van der Waals surface area contributed by atoms with Crippen LogP contribution in [0.25, 0.3) is 5.65 Å². The first-order valence-corrected chi connectivity index (χ1v) is 9.67. The number of Topliss-reactive ketones (excluding diaryl/α,β-unsaturated/α-hetero) is 1. The Morgan fingerprint density at radius 1 is 1.26 bits per heavy atom. The molecule has 27 heavy (non-hydrogen) atoms. The predicted molar refractivity (Wildman–Crippen MR) is 104 cm³/mol. The molecule has 0 N–H and O–H groups in total. The molecule has 142 valence electrons. The van der Waals surface area contributed by atoms with Crippen LogP contribution in [0.3, 0.4) is 0 Å². The van der Waals surface area contributed by atoms with Gasteiger partial charge in [-0.05, 0) is 37.4 Å². The second-order valence-corrected chi connectivity index (χ2v) is 7.14. The number of fused-ring (bicyclic) bond motifs is 1. The maximum Gasteiger partial charge on any atom is 0.306 e. The van der Waals surface area contributed by atoms with Gasteiger partial charge in [0.05, 0.1) is 25.8 Å². The van der Waals surface area contributed by atoms with Gasteiger partial charge in [-0.2, -0.15) is 0 Å². The van der Waals surface area contributed by atoms with Crippen molar-refractivity contribution in [3.63, 3.8) is 0 Å². The molecule has 3 aromatic heterocycles. The van der Waals surface area contributed by atoms with Crippen molar-refractivity contribution >= 4 is 28.7 Å². The van der Waals surface area contributed by atoms with E-state index in [2.05, 4.69) is 4.98 Å². The first kappa shape index (κ1) is 19.1. The number of hydrogen-bond acceptors (Lipinski definition) is 6. The number of pyridine rings is 1. The summed E-state index contributed by atoms with van der Waals surface area (Å²) in [5.41, 5.74) is 1.80. The fourth-order valence-electron chi connectivity index (χ4n) is 3.16. The van der Waals surface area contributed by atoms with Gasteiger partial charge in [0.15, 0.2) is 17.2 Å². The molecule has 3 aromatic rings. The van der Waals surface area contributed by atoms with Crippen LogP contribution in [0.15, 0.2) is 35.8 Å². The lowest BCUT2D eigenvalue weighted by molar-refractivity contribution is -0.141. The van der Waals surface area contributed by atoms with Crippen LogP contribution in [0.4, 0.5) is 0 Å². The average molecular weight is 386 g/mol. The first-order valence-electron chi connectivity index (χ1n) is 8.79. The second-order valence-electron chi connectivity index (χ2n) is 6.16. The molecule has 0 saturated carbocycles. The Kier molecular flexibility index (Phi) is 5.91. The Bertz CT molecular complexity index is 946. The third kappa shape index (κ3) is 4.03. The van der Waals surface area contributed by atoms with Crippen LogP contribution in [0.1, 0.15) is 46.7 Å². The normalized spacial score (nSPS) is 12.1. The van der Waals surface area contributed by atoms with E-state index in [1.807, 2.05) is 49.7 Å². The molecule has 6 nitrogen and oxygen atoms in total. The molecule has 0 spiro atoms. The molecule has 0 saturated heterocycles. The van der Waals surface area contributed by atoms with Crippen LogP contribution in [0, 0.1) is 6.92 Å². The molecule has 0 radical (unpaired) electrons. The van der Waals surface area contributed by atoms with Gasteiger partial charge in [0.25, 0.3) is 0 Å². The quantitative estimate of drug-likeness (QED) is 0.432. The zero-order valence-electron chi connectivity index (χ0n) is 15.6. The summed E-state index contributed by atoms with van der Waals surface area (Å²) in [6, 6.07) is 7.54. The third-order valence-electron chi connectivity index (χ3n) is 4.37.